The maximum Gasteiger partial charge on any atom is 0.313 e. The first-order valence-electron chi connectivity index (χ1n) is 6.38. The number of hydrogen-bond acceptors (Lipinski definition) is 4. The first-order chi connectivity index (χ1) is 8.52. The molecule has 0 saturated heterocycles. The molecule has 0 bridgehead atoms. The van der Waals surface area contributed by atoms with Crippen LogP contribution >= 0.6 is 0 Å². The smallest absolute Gasteiger partial charge is 0.313 e. The first kappa shape index (κ1) is 12.9. The molecule has 0 unspecified atom stereocenters. The monoisotopic (exact) mass is 247 g/mol. The lowest BCUT2D eigenvalue weighted by Gasteiger charge is -2.24. The molecule has 1 aromatic heterocycles. The highest BCUT2D eigenvalue weighted by molar-refractivity contribution is 5.75. The summed E-state index contributed by atoms with van der Waals surface area (Å²) in [5, 5.41) is 3.98. The molecule has 98 valence electrons. The summed E-state index contributed by atoms with van der Waals surface area (Å²) >= 11 is 0. The number of anilines is 1. The molecule has 0 fully saturated rings. The van der Waals surface area contributed by atoms with E-state index in [4.69, 9.17) is 4.42 Å². The average molecular weight is 247 g/mol. The van der Waals surface area contributed by atoms with Gasteiger partial charge in [0.05, 0.1) is 0 Å². The van der Waals surface area contributed by atoms with Crippen LogP contribution in [0.25, 0.3) is 11.1 Å². The van der Waals surface area contributed by atoms with Gasteiger partial charge in [0.1, 0.15) is 5.52 Å². The third kappa shape index (κ3) is 2.34. The van der Waals surface area contributed by atoms with Crippen LogP contribution in [0.15, 0.2) is 22.6 Å². The lowest BCUT2D eigenvalue weighted by Crippen LogP contribution is -2.36. The Morgan fingerprint density at radius 1 is 1.28 bits per heavy atom. The minimum absolute atomic E-state index is 0.505. The molecular weight excluding hydrogens is 226 g/mol. The molecule has 0 aliphatic rings. The Kier molecular flexibility index (Phi) is 3.57. The third-order valence-corrected chi connectivity index (χ3v) is 3.31. The van der Waals surface area contributed by atoms with Crippen molar-refractivity contribution in [3.05, 3.63) is 23.8 Å². The first-order valence-corrected chi connectivity index (χ1v) is 6.38. The number of nitrogens with zero attached hydrogens (tertiary/aromatic N) is 3. The fraction of sp³-hybridized carbons (Fsp3) is 0.500. The Hall–Kier alpha value is -1.55. The topological polar surface area (TPSA) is 32.5 Å². The van der Waals surface area contributed by atoms with Crippen LogP contribution in [0.2, 0.25) is 0 Å². The van der Waals surface area contributed by atoms with Crippen LogP contribution < -0.4 is 5.01 Å². The number of fused-ring (bicyclic) bond motifs is 1. The lowest BCUT2D eigenvalue weighted by molar-refractivity contribution is 0.318. The van der Waals surface area contributed by atoms with E-state index in [1.807, 2.05) is 30.2 Å². The maximum absolute atomic E-state index is 5.76. The summed E-state index contributed by atoms with van der Waals surface area (Å²) in [7, 11) is 3.96. The van der Waals surface area contributed by atoms with Gasteiger partial charge in [-0.2, -0.15) is 4.98 Å². The lowest BCUT2D eigenvalue weighted by atomic mass is 10.0. The van der Waals surface area contributed by atoms with E-state index in [9.17, 15) is 0 Å². The quantitative estimate of drug-likeness (QED) is 0.776. The minimum atomic E-state index is 0.505. The van der Waals surface area contributed by atoms with Gasteiger partial charge in [-0.1, -0.05) is 26.8 Å². The van der Waals surface area contributed by atoms with Crippen molar-refractivity contribution in [2.24, 2.45) is 0 Å². The number of benzene rings is 1. The van der Waals surface area contributed by atoms with Crippen molar-refractivity contribution >= 4 is 17.1 Å². The van der Waals surface area contributed by atoms with Crippen molar-refractivity contribution in [1.82, 2.24) is 9.99 Å². The fourth-order valence-corrected chi connectivity index (χ4v) is 1.79. The van der Waals surface area contributed by atoms with Gasteiger partial charge in [-0.25, -0.2) is 5.01 Å². The minimum Gasteiger partial charge on any atom is -0.422 e. The van der Waals surface area contributed by atoms with E-state index in [-0.39, 0.29) is 0 Å². The SMILES string of the molecule is CCN(C)N(C)c1nc2cc(C(C)C)ccc2o1. The van der Waals surface area contributed by atoms with Crippen molar-refractivity contribution in [1.29, 1.82) is 0 Å². The van der Waals surface area contributed by atoms with Crippen LogP contribution in [-0.4, -0.2) is 30.6 Å². The van der Waals surface area contributed by atoms with Gasteiger partial charge in [0.25, 0.3) is 0 Å². The van der Waals surface area contributed by atoms with Gasteiger partial charge >= 0.3 is 6.01 Å². The molecule has 0 spiro atoms. The number of aromatic nitrogens is 1. The van der Waals surface area contributed by atoms with Crippen LogP contribution in [0, 0.1) is 0 Å². The highest BCUT2D eigenvalue weighted by atomic mass is 16.4. The van der Waals surface area contributed by atoms with E-state index in [0.29, 0.717) is 11.9 Å². The predicted molar refractivity (Wildman–Crippen MR) is 74.8 cm³/mol. The van der Waals surface area contributed by atoms with Gasteiger partial charge in [-0.05, 0) is 23.6 Å². The normalized spacial score (nSPS) is 11.7. The number of hydrazine groups is 1. The van der Waals surface area contributed by atoms with E-state index < -0.39 is 0 Å². The molecule has 2 aromatic rings. The molecule has 0 amide bonds. The zero-order chi connectivity index (χ0) is 13.3. The van der Waals surface area contributed by atoms with Crippen LogP contribution in [0.1, 0.15) is 32.3 Å². The summed E-state index contributed by atoms with van der Waals surface area (Å²) in [5.41, 5.74) is 3.05. The Morgan fingerprint density at radius 3 is 2.61 bits per heavy atom. The summed E-state index contributed by atoms with van der Waals surface area (Å²) in [6, 6.07) is 6.84. The van der Waals surface area contributed by atoms with Crippen LogP contribution in [0.4, 0.5) is 6.01 Å². The number of hydrogen-bond donors (Lipinski definition) is 0. The van der Waals surface area contributed by atoms with Gasteiger partial charge < -0.3 is 4.42 Å². The summed E-state index contributed by atoms with van der Waals surface area (Å²) < 4.78 is 5.76. The second kappa shape index (κ2) is 4.98. The van der Waals surface area contributed by atoms with Crippen molar-refractivity contribution in [3.8, 4) is 0 Å². The molecule has 0 atom stereocenters. The average Bonchev–Trinajstić information content (AvgIpc) is 2.79. The molecule has 4 heteroatoms. The molecule has 1 aromatic carbocycles. The molecule has 0 saturated carbocycles. The van der Waals surface area contributed by atoms with E-state index in [1.165, 1.54) is 5.56 Å². The highest BCUT2D eigenvalue weighted by Crippen LogP contribution is 2.25. The van der Waals surface area contributed by atoms with E-state index in [0.717, 1.165) is 17.6 Å². The summed E-state index contributed by atoms with van der Waals surface area (Å²) in [5.74, 6) is 0.505. The third-order valence-electron chi connectivity index (χ3n) is 3.31. The summed E-state index contributed by atoms with van der Waals surface area (Å²) in [6.45, 7) is 7.36. The predicted octanol–water partition coefficient (Wildman–Crippen LogP) is 3.25. The van der Waals surface area contributed by atoms with Crippen molar-refractivity contribution < 1.29 is 4.42 Å². The molecule has 1 heterocycles. The van der Waals surface area contributed by atoms with E-state index in [2.05, 4.69) is 37.9 Å². The standard InChI is InChI=1S/C14H21N3O/c1-6-16(4)17(5)14-15-12-9-11(10(2)3)7-8-13(12)18-14/h7-10H,6H2,1-5H3. The van der Waals surface area contributed by atoms with Crippen molar-refractivity contribution in [2.75, 3.05) is 25.6 Å². The zero-order valence-electron chi connectivity index (χ0n) is 11.8. The van der Waals surface area contributed by atoms with Gasteiger partial charge in [0, 0.05) is 20.6 Å². The molecule has 0 aliphatic heterocycles. The Bertz CT molecular complexity index is 533. The largest absolute Gasteiger partial charge is 0.422 e. The zero-order valence-corrected chi connectivity index (χ0v) is 11.8. The molecule has 2 rings (SSSR count). The molecule has 0 radical (unpaired) electrons. The van der Waals surface area contributed by atoms with E-state index >= 15 is 0 Å². The van der Waals surface area contributed by atoms with Gasteiger partial charge in [0.2, 0.25) is 0 Å². The van der Waals surface area contributed by atoms with Crippen LogP contribution in [-0.2, 0) is 0 Å². The molecule has 0 aliphatic carbocycles. The Labute approximate surface area is 108 Å². The maximum atomic E-state index is 5.76. The second-order valence-corrected chi connectivity index (χ2v) is 4.88. The number of rotatable bonds is 4. The Balaban J connectivity index is 2.38. The highest BCUT2D eigenvalue weighted by Gasteiger charge is 2.13. The van der Waals surface area contributed by atoms with Crippen molar-refractivity contribution in [2.45, 2.75) is 26.7 Å². The van der Waals surface area contributed by atoms with Crippen LogP contribution in [0.3, 0.4) is 0 Å². The molecular formula is C14H21N3O. The number of oxazole rings is 1. The summed E-state index contributed by atoms with van der Waals surface area (Å²) in [4.78, 5) is 4.54. The van der Waals surface area contributed by atoms with E-state index in [1.54, 1.807) is 0 Å². The molecule has 18 heavy (non-hydrogen) atoms. The van der Waals surface area contributed by atoms with Gasteiger partial charge in [-0.3, -0.25) is 5.01 Å². The van der Waals surface area contributed by atoms with Crippen molar-refractivity contribution in [3.63, 3.8) is 0 Å². The molecule has 4 nitrogen and oxygen atoms in total. The van der Waals surface area contributed by atoms with Crippen LogP contribution in [0.5, 0.6) is 0 Å². The van der Waals surface area contributed by atoms with Gasteiger partial charge in [0.15, 0.2) is 5.58 Å². The summed E-state index contributed by atoms with van der Waals surface area (Å²) in [6.07, 6.45) is 0. The fourth-order valence-electron chi connectivity index (χ4n) is 1.79. The molecule has 0 N–H and O–H groups in total. The second-order valence-electron chi connectivity index (χ2n) is 4.88. The Morgan fingerprint density at radius 2 is 2.00 bits per heavy atom. The van der Waals surface area contributed by atoms with Gasteiger partial charge in [-0.15, -0.1) is 0 Å².